The fourth-order valence-corrected chi connectivity index (χ4v) is 5.70. The number of hydrogen-bond acceptors (Lipinski definition) is 5. The Morgan fingerprint density at radius 3 is 2.15 bits per heavy atom. The lowest BCUT2D eigenvalue weighted by Crippen LogP contribution is -2.53. The van der Waals surface area contributed by atoms with Gasteiger partial charge in [-0.1, -0.05) is 31.2 Å². The van der Waals surface area contributed by atoms with Gasteiger partial charge in [-0.15, -0.1) is 0 Å². The standard InChI is InChI=1S/C30H36FN3O5S/c1-6-28(30(36)32-21(2)3)33(19-23-10-8-7-9-22(23)4)29(35)20-34(25-13-11-24(31)12-14-25)40(37,38)27-17-15-26(39-5)16-18-27/h7-18,21,28H,6,19-20H2,1-5H3,(H,32,36). The Morgan fingerprint density at radius 2 is 1.60 bits per heavy atom. The quantitative estimate of drug-likeness (QED) is 0.342. The molecule has 40 heavy (non-hydrogen) atoms. The van der Waals surface area contributed by atoms with Gasteiger partial charge in [-0.2, -0.15) is 0 Å². The van der Waals surface area contributed by atoms with Crippen LogP contribution < -0.4 is 14.4 Å². The van der Waals surface area contributed by atoms with Gasteiger partial charge in [0.05, 0.1) is 17.7 Å². The van der Waals surface area contributed by atoms with E-state index in [1.165, 1.54) is 48.4 Å². The van der Waals surface area contributed by atoms with E-state index in [-0.39, 0.29) is 29.1 Å². The first-order valence-electron chi connectivity index (χ1n) is 13.0. The van der Waals surface area contributed by atoms with E-state index in [0.717, 1.165) is 27.6 Å². The summed E-state index contributed by atoms with van der Waals surface area (Å²) in [6, 6.07) is 17.2. The minimum atomic E-state index is -4.27. The highest BCUT2D eigenvalue weighted by Crippen LogP contribution is 2.26. The lowest BCUT2D eigenvalue weighted by molar-refractivity contribution is -0.140. The van der Waals surface area contributed by atoms with Crippen LogP contribution in [0.1, 0.15) is 38.3 Å². The van der Waals surface area contributed by atoms with Crippen LogP contribution in [0.15, 0.2) is 77.7 Å². The number of methoxy groups -OCH3 is 1. The predicted octanol–water partition coefficient (Wildman–Crippen LogP) is 4.67. The molecule has 0 bridgehead atoms. The van der Waals surface area contributed by atoms with Gasteiger partial charge in [-0.25, -0.2) is 12.8 Å². The van der Waals surface area contributed by atoms with Crippen LogP contribution in [0.4, 0.5) is 10.1 Å². The van der Waals surface area contributed by atoms with Crippen molar-refractivity contribution in [3.05, 3.63) is 89.7 Å². The van der Waals surface area contributed by atoms with E-state index in [1.807, 2.05) is 45.0 Å². The fourth-order valence-electron chi connectivity index (χ4n) is 4.28. The van der Waals surface area contributed by atoms with Crippen LogP contribution in [0.3, 0.4) is 0 Å². The van der Waals surface area contributed by atoms with Gasteiger partial charge < -0.3 is 15.0 Å². The smallest absolute Gasteiger partial charge is 0.264 e. The molecule has 2 amide bonds. The Hall–Kier alpha value is -3.92. The summed E-state index contributed by atoms with van der Waals surface area (Å²) in [7, 11) is -2.80. The summed E-state index contributed by atoms with van der Waals surface area (Å²) < 4.78 is 47.5. The van der Waals surface area contributed by atoms with Crippen LogP contribution in [0.5, 0.6) is 5.75 Å². The molecular formula is C30H36FN3O5S. The molecule has 3 aromatic rings. The maximum absolute atomic E-state index is 14.0. The zero-order valence-corrected chi connectivity index (χ0v) is 24.2. The van der Waals surface area contributed by atoms with Crippen molar-refractivity contribution in [1.82, 2.24) is 10.2 Å². The van der Waals surface area contributed by atoms with Crippen molar-refractivity contribution in [2.75, 3.05) is 18.0 Å². The molecule has 0 aromatic heterocycles. The zero-order valence-electron chi connectivity index (χ0n) is 23.4. The maximum atomic E-state index is 14.0. The molecule has 0 saturated heterocycles. The van der Waals surface area contributed by atoms with Crippen LogP contribution in [0, 0.1) is 12.7 Å². The highest BCUT2D eigenvalue weighted by molar-refractivity contribution is 7.92. The van der Waals surface area contributed by atoms with Gasteiger partial charge >= 0.3 is 0 Å². The Morgan fingerprint density at radius 1 is 0.975 bits per heavy atom. The number of carbonyl (C=O) groups excluding carboxylic acids is 2. The molecule has 0 aliphatic rings. The van der Waals surface area contributed by atoms with Gasteiger partial charge in [-0.3, -0.25) is 13.9 Å². The second-order valence-electron chi connectivity index (χ2n) is 9.70. The van der Waals surface area contributed by atoms with E-state index >= 15 is 0 Å². The number of benzene rings is 3. The summed E-state index contributed by atoms with van der Waals surface area (Å²) in [4.78, 5) is 28.6. The molecule has 1 atom stereocenters. The lowest BCUT2D eigenvalue weighted by Gasteiger charge is -2.34. The molecule has 3 aromatic carbocycles. The minimum absolute atomic E-state index is 0.0690. The van der Waals surface area contributed by atoms with Crippen molar-refractivity contribution in [2.45, 2.75) is 57.6 Å². The number of carbonyl (C=O) groups is 2. The van der Waals surface area contributed by atoms with Gasteiger partial charge in [0.1, 0.15) is 24.2 Å². The average molecular weight is 570 g/mol. The predicted molar refractivity (Wildman–Crippen MR) is 153 cm³/mol. The number of halogens is 1. The summed E-state index contributed by atoms with van der Waals surface area (Å²) in [5, 5.41) is 2.87. The van der Waals surface area contributed by atoms with Crippen LogP contribution in [0.2, 0.25) is 0 Å². The molecule has 3 rings (SSSR count). The Labute approximate surface area is 235 Å². The number of hydrogen-bond donors (Lipinski definition) is 1. The summed E-state index contributed by atoms with van der Waals surface area (Å²) in [6.45, 7) is 6.87. The van der Waals surface area contributed by atoms with Crippen molar-refractivity contribution >= 4 is 27.5 Å². The van der Waals surface area contributed by atoms with E-state index < -0.39 is 34.3 Å². The molecule has 214 valence electrons. The van der Waals surface area contributed by atoms with Crippen LogP contribution in [-0.2, 0) is 26.2 Å². The van der Waals surface area contributed by atoms with E-state index in [9.17, 15) is 22.4 Å². The van der Waals surface area contributed by atoms with E-state index in [4.69, 9.17) is 4.74 Å². The third kappa shape index (κ3) is 7.38. The number of sulfonamides is 1. The van der Waals surface area contributed by atoms with Crippen molar-refractivity contribution < 1.29 is 27.1 Å². The Kier molecular flexibility index (Phi) is 10.3. The van der Waals surface area contributed by atoms with Crippen molar-refractivity contribution in [3.8, 4) is 5.75 Å². The molecule has 8 nitrogen and oxygen atoms in total. The zero-order chi connectivity index (χ0) is 29.4. The van der Waals surface area contributed by atoms with Gasteiger partial charge in [0.25, 0.3) is 10.0 Å². The minimum Gasteiger partial charge on any atom is -0.497 e. The molecule has 0 aliphatic heterocycles. The molecule has 0 fully saturated rings. The van der Waals surface area contributed by atoms with Gasteiger partial charge in [0, 0.05) is 12.6 Å². The molecular weight excluding hydrogens is 533 g/mol. The first-order chi connectivity index (χ1) is 19.0. The molecule has 0 aliphatic carbocycles. The maximum Gasteiger partial charge on any atom is 0.264 e. The third-order valence-electron chi connectivity index (χ3n) is 6.46. The summed E-state index contributed by atoms with van der Waals surface area (Å²) in [5.41, 5.74) is 1.87. The number of nitrogens with zero attached hydrogens (tertiary/aromatic N) is 2. The molecule has 0 radical (unpaired) electrons. The van der Waals surface area contributed by atoms with Gasteiger partial charge in [-0.05, 0) is 86.8 Å². The number of anilines is 1. The number of nitrogens with one attached hydrogen (secondary N) is 1. The van der Waals surface area contributed by atoms with Crippen molar-refractivity contribution in [2.24, 2.45) is 0 Å². The highest BCUT2D eigenvalue weighted by atomic mass is 32.2. The number of aryl methyl sites for hydroxylation is 1. The Bertz CT molecular complexity index is 1410. The second kappa shape index (κ2) is 13.4. The number of ether oxygens (including phenoxy) is 1. The highest BCUT2D eigenvalue weighted by Gasteiger charge is 2.34. The number of amides is 2. The number of rotatable bonds is 12. The van der Waals surface area contributed by atoms with Gasteiger partial charge in [0.2, 0.25) is 11.8 Å². The van der Waals surface area contributed by atoms with Crippen molar-refractivity contribution in [3.63, 3.8) is 0 Å². The first-order valence-corrected chi connectivity index (χ1v) is 14.5. The van der Waals surface area contributed by atoms with Gasteiger partial charge in [0.15, 0.2) is 0 Å². The third-order valence-corrected chi connectivity index (χ3v) is 8.25. The molecule has 1 unspecified atom stereocenters. The summed E-state index contributed by atoms with van der Waals surface area (Å²) in [6.07, 6.45) is 0.317. The van der Waals surface area contributed by atoms with Crippen LogP contribution in [0.25, 0.3) is 0 Å². The fraction of sp³-hybridized carbons (Fsp3) is 0.333. The summed E-state index contributed by atoms with van der Waals surface area (Å²) >= 11 is 0. The Balaban J connectivity index is 2.07. The topological polar surface area (TPSA) is 96.0 Å². The second-order valence-corrected chi connectivity index (χ2v) is 11.6. The largest absolute Gasteiger partial charge is 0.497 e. The first kappa shape index (κ1) is 30.6. The SMILES string of the molecule is CCC(C(=O)NC(C)C)N(Cc1ccccc1C)C(=O)CN(c1ccc(F)cc1)S(=O)(=O)c1ccc(OC)cc1. The molecule has 10 heteroatoms. The van der Waals surface area contributed by atoms with E-state index in [1.54, 1.807) is 6.92 Å². The van der Waals surface area contributed by atoms with Crippen molar-refractivity contribution in [1.29, 1.82) is 0 Å². The van der Waals surface area contributed by atoms with E-state index in [2.05, 4.69) is 5.32 Å². The molecule has 0 saturated carbocycles. The summed E-state index contributed by atoms with van der Waals surface area (Å²) in [5.74, 6) is -0.981. The molecule has 1 N–H and O–H groups in total. The van der Waals surface area contributed by atoms with Crippen LogP contribution >= 0.6 is 0 Å². The monoisotopic (exact) mass is 569 g/mol. The molecule has 0 heterocycles. The van der Waals surface area contributed by atoms with Crippen LogP contribution in [-0.4, -0.2) is 50.9 Å². The van der Waals surface area contributed by atoms with E-state index in [0.29, 0.717) is 12.2 Å². The average Bonchev–Trinajstić information content (AvgIpc) is 2.92. The lowest BCUT2D eigenvalue weighted by atomic mass is 10.1. The molecule has 0 spiro atoms. The normalized spacial score (nSPS) is 12.1.